The number of nitrogens with one attached hydrogen (secondary N) is 1. The number of aliphatic hydroxyl groups is 1. The van der Waals surface area contributed by atoms with Gasteiger partial charge in [-0.2, -0.15) is 5.10 Å². The number of aliphatic hydroxyl groups excluding tert-OH is 1. The SMILES string of the molecule is CCOC(=O)c1cc2n(n1)CC(O)CNC2. The maximum absolute atomic E-state index is 11.4. The molecule has 0 spiro atoms. The number of carbonyl (C=O) groups is 1. The van der Waals surface area contributed by atoms with Crippen LogP contribution < -0.4 is 5.32 Å². The maximum atomic E-state index is 11.4. The molecule has 1 unspecified atom stereocenters. The van der Waals surface area contributed by atoms with E-state index in [0.717, 1.165) is 5.69 Å². The summed E-state index contributed by atoms with van der Waals surface area (Å²) in [5, 5.41) is 16.7. The van der Waals surface area contributed by atoms with Crippen LogP contribution in [0.3, 0.4) is 0 Å². The molecular formula is C10H15N3O3. The van der Waals surface area contributed by atoms with Crippen LogP contribution in [0.15, 0.2) is 6.07 Å². The Morgan fingerprint density at radius 2 is 2.62 bits per heavy atom. The Morgan fingerprint density at radius 1 is 1.81 bits per heavy atom. The maximum Gasteiger partial charge on any atom is 0.358 e. The predicted octanol–water partition coefficient (Wildman–Crippen LogP) is -0.476. The average Bonchev–Trinajstić information content (AvgIpc) is 2.54. The Kier molecular flexibility index (Phi) is 3.21. The normalized spacial score (nSPS) is 20.0. The van der Waals surface area contributed by atoms with Crippen LogP contribution in [0.4, 0.5) is 0 Å². The van der Waals surface area contributed by atoms with Crippen molar-refractivity contribution in [3.05, 3.63) is 17.5 Å². The van der Waals surface area contributed by atoms with Gasteiger partial charge in [-0.1, -0.05) is 0 Å². The molecule has 1 aliphatic heterocycles. The summed E-state index contributed by atoms with van der Waals surface area (Å²) >= 11 is 0. The molecule has 1 aromatic rings. The highest BCUT2D eigenvalue weighted by Gasteiger charge is 2.19. The zero-order valence-electron chi connectivity index (χ0n) is 9.14. The van der Waals surface area contributed by atoms with Crippen molar-refractivity contribution in [3.8, 4) is 0 Å². The summed E-state index contributed by atoms with van der Waals surface area (Å²) in [6.45, 7) is 3.63. The molecule has 0 radical (unpaired) electrons. The summed E-state index contributed by atoms with van der Waals surface area (Å²) in [6, 6.07) is 1.70. The molecule has 0 aliphatic carbocycles. The van der Waals surface area contributed by atoms with Crippen LogP contribution >= 0.6 is 0 Å². The van der Waals surface area contributed by atoms with Crippen molar-refractivity contribution in [2.45, 2.75) is 26.1 Å². The van der Waals surface area contributed by atoms with Gasteiger partial charge >= 0.3 is 5.97 Å². The second-order valence-corrected chi connectivity index (χ2v) is 3.71. The molecule has 0 saturated carbocycles. The molecule has 0 bridgehead atoms. The van der Waals surface area contributed by atoms with Crippen molar-refractivity contribution in [1.29, 1.82) is 0 Å². The van der Waals surface area contributed by atoms with Gasteiger partial charge in [0, 0.05) is 13.1 Å². The average molecular weight is 225 g/mol. The van der Waals surface area contributed by atoms with Gasteiger partial charge in [-0.25, -0.2) is 4.79 Å². The van der Waals surface area contributed by atoms with Gasteiger partial charge in [0.2, 0.25) is 0 Å². The molecule has 1 atom stereocenters. The van der Waals surface area contributed by atoms with Gasteiger partial charge in [0.1, 0.15) is 0 Å². The predicted molar refractivity (Wildman–Crippen MR) is 55.9 cm³/mol. The fourth-order valence-corrected chi connectivity index (χ4v) is 1.69. The van der Waals surface area contributed by atoms with E-state index in [4.69, 9.17) is 4.74 Å². The molecule has 2 heterocycles. The minimum Gasteiger partial charge on any atom is -0.461 e. The highest BCUT2D eigenvalue weighted by atomic mass is 16.5. The summed E-state index contributed by atoms with van der Waals surface area (Å²) in [5.74, 6) is -0.419. The van der Waals surface area contributed by atoms with E-state index in [1.54, 1.807) is 17.7 Å². The summed E-state index contributed by atoms with van der Waals surface area (Å²) in [4.78, 5) is 11.4. The van der Waals surface area contributed by atoms with E-state index in [0.29, 0.717) is 31.9 Å². The zero-order valence-corrected chi connectivity index (χ0v) is 9.14. The van der Waals surface area contributed by atoms with E-state index >= 15 is 0 Å². The Bertz CT molecular complexity index is 389. The summed E-state index contributed by atoms with van der Waals surface area (Å²) in [5.41, 5.74) is 1.19. The number of hydrogen-bond donors (Lipinski definition) is 2. The van der Waals surface area contributed by atoms with Crippen molar-refractivity contribution in [3.63, 3.8) is 0 Å². The first-order chi connectivity index (χ1) is 7.70. The van der Waals surface area contributed by atoms with Crippen LogP contribution in [-0.4, -0.2) is 40.1 Å². The van der Waals surface area contributed by atoms with Crippen molar-refractivity contribution < 1.29 is 14.6 Å². The molecule has 2 N–H and O–H groups in total. The van der Waals surface area contributed by atoms with Gasteiger partial charge < -0.3 is 15.2 Å². The van der Waals surface area contributed by atoms with Crippen LogP contribution in [0.25, 0.3) is 0 Å². The van der Waals surface area contributed by atoms with Gasteiger partial charge in [-0.15, -0.1) is 0 Å². The van der Waals surface area contributed by atoms with Crippen LogP contribution in [0, 0.1) is 0 Å². The van der Waals surface area contributed by atoms with Crippen molar-refractivity contribution in [2.75, 3.05) is 13.2 Å². The lowest BCUT2D eigenvalue weighted by Gasteiger charge is -2.06. The molecule has 2 rings (SSSR count). The fraction of sp³-hybridized carbons (Fsp3) is 0.600. The van der Waals surface area contributed by atoms with E-state index in [1.807, 2.05) is 0 Å². The van der Waals surface area contributed by atoms with Gasteiger partial charge in [-0.3, -0.25) is 4.68 Å². The Hall–Kier alpha value is -1.40. The molecule has 6 heteroatoms. The molecule has 0 fully saturated rings. The van der Waals surface area contributed by atoms with Crippen LogP contribution in [-0.2, 0) is 17.8 Å². The second kappa shape index (κ2) is 4.63. The van der Waals surface area contributed by atoms with Gasteiger partial charge in [-0.05, 0) is 13.0 Å². The molecule has 1 aliphatic rings. The molecule has 6 nitrogen and oxygen atoms in total. The highest BCUT2D eigenvalue weighted by molar-refractivity contribution is 5.87. The van der Waals surface area contributed by atoms with Gasteiger partial charge in [0.05, 0.1) is 24.9 Å². The Balaban J connectivity index is 2.19. The number of aromatic nitrogens is 2. The molecule has 0 saturated heterocycles. The third-order valence-electron chi connectivity index (χ3n) is 2.42. The fourth-order valence-electron chi connectivity index (χ4n) is 1.69. The minimum atomic E-state index is -0.476. The summed E-state index contributed by atoms with van der Waals surface area (Å²) < 4.78 is 6.52. The number of nitrogens with zero attached hydrogens (tertiary/aromatic N) is 2. The second-order valence-electron chi connectivity index (χ2n) is 3.71. The number of ether oxygens (including phenoxy) is 1. The number of hydrogen-bond acceptors (Lipinski definition) is 5. The quantitative estimate of drug-likeness (QED) is 0.665. The summed E-state index contributed by atoms with van der Waals surface area (Å²) in [6.07, 6.45) is -0.476. The molecule has 1 aromatic heterocycles. The minimum absolute atomic E-state index is 0.299. The zero-order chi connectivity index (χ0) is 11.5. The van der Waals surface area contributed by atoms with Crippen molar-refractivity contribution in [1.82, 2.24) is 15.1 Å². The first-order valence-electron chi connectivity index (χ1n) is 5.33. The Morgan fingerprint density at radius 3 is 3.38 bits per heavy atom. The molecule has 0 amide bonds. The van der Waals surface area contributed by atoms with E-state index < -0.39 is 12.1 Å². The number of fused-ring (bicyclic) bond motifs is 1. The van der Waals surface area contributed by atoms with Gasteiger partial charge in [0.25, 0.3) is 0 Å². The lowest BCUT2D eigenvalue weighted by molar-refractivity contribution is 0.0517. The van der Waals surface area contributed by atoms with E-state index in [1.165, 1.54) is 0 Å². The van der Waals surface area contributed by atoms with Crippen LogP contribution in [0.1, 0.15) is 23.1 Å². The van der Waals surface area contributed by atoms with Crippen LogP contribution in [0.2, 0.25) is 0 Å². The van der Waals surface area contributed by atoms with Crippen molar-refractivity contribution >= 4 is 5.97 Å². The Labute approximate surface area is 93.2 Å². The third-order valence-corrected chi connectivity index (χ3v) is 2.42. The van der Waals surface area contributed by atoms with E-state index in [2.05, 4.69) is 10.4 Å². The lowest BCUT2D eigenvalue weighted by atomic mass is 10.3. The standard InChI is InChI=1S/C10H15N3O3/c1-2-16-10(15)9-3-7-4-11-5-8(14)6-13(7)12-9/h3,8,11,14H,2,4-6H2,1H3. The topological polar surface area (TPSA) is 76.4 Å². The smallest absolute Gasteiger partial charge is 0.358 e. The van der Waals surface area contributed by atoms with E-state index in [-0.39, 0.29) is 0 Å². The largest absolute Gasteiger partial charge is 0.461 e. The monoisotopic (exact) mass is 225 g/mol. The number of esters is 1. The first kappa shape index (κ1) is 11.1. The molecular weight excluding hydrogens is 210 g/mol. The van der Waals surface area contributed by atoms with Crippen LogP contribution in [0.5, 0.6) is 0 Å². The molecule has 88 valence electrons. The van der Waals surface area contributed by atoms with E-state index in [9.17, 15) is 9.90 Å². The number of carbonyl (C=O) groups excluding carboxylic acids is 1. The third kappa shape index (κ3) is 2.23. The van der Waals surface area contributed by atoms with Gasteiger partial charge in [0.15, 0.2) is 5.69 Å². The lowest BCUT2D eigenvalue weighted by Crippen LogP contribution is -2.25. The van der Waals surface area contributed by atoms with Crippen molar-refractivity contribution in [2.24, 2.45) is 0 Å². The molecule has 0 aromatic carbocycles. The first-order valence-corrected chi connectivity index (χ1v) is 5.33. The number of β-amino-alcohol motifs (C(OH)–C–C–N with tert-alkyl or cyclic N) is 1. The highest BCUT2D eigenvalue weighted by Crippen LogP contribution is 2.09. The molecule has 16 heavy (non-hydrogen) atoms. The number of rotatable bonds is 2. The summed E-state index contributed by atoms with van der Waals surface area (Å²) in [7, 11) is 0.